The Morgan fingerprint density at radius 1 is 1.36 bits per heavy atom. The molecule has 116 valence electrons. The number of nitrogens with one attached hydrogen (secondary N) is 1. The summed E-state index contributed by atoms with van der Waals surface area (Å²) in [4.78, 5) is 14.0. The second-order valence-corrected chi connectivity index (χ2v) is 5.83. The van der Waals surface area contributed by atoms with Gasteiger partial charge in [0.1, 0.15) is 0 Å². The van der Waals surface area contributed by atoms with Gasteiger partial charge in [-0.25, -0.2) is 4.79 Å². The summed E-state index contributed by atoms with van der Waals surface area (Å²) in [6.45, 7) is 3.43. The summed E-state index contributed by atoms with van der Waals surface area (Å²) >= 11 is 0. The molecule has 2 aromatic rings. The Labute approximate surface area is 130 Å². The smallest absolute Gasteiger partial charge is 0.321 e. The molecule has 1 heterocycles. The first-order chi connectivity index (χ1) is 10.7. The second-order valence-electron chi connectivity index (χ2n) is 5.83. The second kappa shape index (κ2) is 6.22. The fourth-order valence-corrected chi connectivity index (χ4v) is 2.88. The summed E-state index contributed by atoms with van der Waals surface area (Å²) in [5.74, 6) is 0. The molecule has 0 radical (unpaired) electrons. The number of hydrogen-bond acceptors (Lipinski definition) is 2. The van der Waals surface area contributed by atoms with Crippen LogP contribution in [-0.2, 0) is 25.9 Å². The maximum absolute atomic E-state index is 12.3. The minimum absolute atomic E-state index is 0.0952. The minimum atomic E-state index is -0.0952. The zero-order valence-electron chi connectivity index (χ0n) is 13.2. The van der Waals surface area contributed by atoms with Gasteiger partial charge < -0.3 is 10.2 Å². The Morgan fingerprint density at radius 2 is 2.18 bits per heavy atom. The first-order valence-electron chi connectivity index (χ1n) is 7.81. The van der Waals surface area contributed by atoms with E-state index in [2.05, 4.69) is 22.5 Å². The summed E-state index contributed by atoms with van der Waals surface area (Å²) in [7, 11) is 1.80. The van der Waals surface area contributed by atoms with Gasteiger partial charge in [0.05, 0.1) is 12.7 Å². The molecule has 1 aliphatic carbocycles. The number of benzene rings is 1. The van der Waals surface area contributed by atoms with Gasteiger partial charge in [-0.15, -0.1) is 0 Å². The number of aryl methyl sites for hydroxylation is 3. The number of amides is 2. The van der Waals surface area contributed by atoms with Crippen molar-refractivity contribution in [2.75, 3.05) is 12.4 Å². The van der Waals surface area contributed by atoms with Gasteiger partial charge >= 0.3 is 6.03 Å². The normalized spacial score (nSPS) is 13.0. The number of urea groups is 1. The van der Waals surface area contributed by atoms with E-state index in [1.54, 1.807) is 11.9 Å². The van der Waals surface area contributed by atoms with Crippen LogP contribution in [0, 0.1) is 0 Å². The molecular weight excluding hydrogens is 276 g/mol. The number of hydrogen-bond donors (Lipinski definition) is 1. The lowest BCUT2D eigenvalue weighted by molar-refractivity contribution is 0.220. The van der Waals surface area contributed by atoms with Crippen molar-refractivity contribution in [2.24, 2.45) is 0 Å². The van der Waals surface area contributed by atoms with Gasteiger partial charge in [0.2, 0.25) is 0 Å². The molecule has 0 atom stereocenters. The molecule has 0 saturated heterocycles. The molecule has 1 aliphatic rings. The van der Waals surface area contributed by atoms with Crippen molar-refractivity contribution in [3.05, 3.63) is 47.3 Å². The molecule has 5 nitrogen and oxygen atoms in total. The van der Waals surface area contributed by atoms with E-state index in [0.717, 1.165) is 30.6 Å². The number of nitrogens with zero attached hydrogens (tertiary/aromatic N) is 3. The van der Waals surface area contributed by atoms with Crippen LogP contribution >= 0.6 is 0 Å². The third-order valence-corrected chi connectivity index (χ3v) is 4.13. The predicted molar refractivity (Wildman–Crippen MR) is 86.9 cm³/mol. The molecule has 22 heavy (non-hydrogen) atoms. The van der Waals surface area contributed by atoms with Crippen molar-refractivity contribution in [2.45, 2.75) is 39.3 Å². The Bertz CT molecular complexity index is 677. The number of carbonyl (C=O) groups is 1. The van der Waals surface area contributed by atoms with Gasteiger partial charge in [-0.3, -0.25) is 4.68 Å². The van der Waals surface area contributed by atoms with Crippen LogP contribution in [0.4, 0.5) is 10.5 Å². The van der Waals surface area contributed by atoms with E-state index in [9.17, 15) is 4.79 Å². The van der Waals surface area contributed by atoms with Crippen molar-refractivity contribution in [1.82, 2.24) is 14.7 Å². The lowest BCUT2D eigenvalue weighted by atomic mass is 10.1. The Balaban J connectivity index is 1.61. The standard InChI is InChI=1S/C17H22N4O/c1-3-21-12-13(10-18-21)11-20(2)17(22)19-16-8-7-14-5-4-6-15(14)9-16/h7-10,12H,3-6,11H2,1-2H3,(H,19,22). The number of fused-ring (bicyclic) bond motifs is 1. The van der Waals surface area contributed by atoms with Crippen molar-refractivity contribution in [1.29, 1.82) is 0 Å². The monoisotopic (exact) mass is 298 g/mol. The highest BCUT2D eigenvalue weighted by molar-refractivity contribution is 5.89. The highest BCUT2D eigenvalue weighted by Crippen LogP contribution is 2.25. The summed E-state index contributed by atoms with van der Waals surface area (Å²) in [5, 5.41) is 7.20. The van der Waals surface area contributed by atoms with Gasteiger partial charge in [0.25, 0.3) is 0 Å². The van der Waals surface area contributed by atoms with Gasteiger partial charge in [0, 0.05) is 31.0 Å². The highest BCUT2D eigenvalue weighted by atomic mass is 16.2. The Kier molecular flexibility index (Phi) is 4.13. The average Bonchev–Trinajstić information content (AvgIpc) is 3.15. The molecule has 5 heteroatoms. The van der Waals surface area contributed by atoms with Crippen molar-refractivity contribution in [3.8, 4) is 0 Å². The summed E-state index contributed by atoms with van der Waals surface area (Å²) in [6, 6.07) is 6.12. The molecule has 1 aromatic heterocycles. The van der Waals surface area contributed by atoms with E-state index in [1.807, 2.05) is 30.1 Å². The third-order valence-electron chi connectivity index (χ3n) is 4.13. The molecule has 1 aromatic carbocycles. The highest BCUT2D eigenvalue weighted by Gasteiger charge is 2.14. The van der Waals surface area contributed by atoms with Crippen LogP contribution in [0.5, 0.6) is 0 Å². The van der Waals surface area contributed by atoms with Crippen LogP contribution in [-0.4, -0.2) is 27.8 Å². The van der Waals surface area contributed by atoms with Gasteiger partial charge in [0.15, 0.2) is 0 Å². The van der Waals surface area contributed by atoms with Gasteiger partial charge in [-0.2, -0.15) is 5.10 Å². The first kappa shape index (κ1) is 14.6. The van der Waals surface area contributed by atoms with Gasteiger partial charge in [-0.05, 0) is 49.4 Å². The molecule has 3 rings (SSSR count). The number of aromatic nitrogens is 2. The van der Waals surface area contributed by atoms with Crippen molar-refractivity contribution >= 4 is 11.7 Å². The molecule has 0 unspecified atom stereocenters. The number of rotatable bonds is 4. The van der Waals surface area contributed by atoms with E-state index in [0.29, 0.717) is 6.54 Å². The molecule has 0 aliphatic heterocycles. The summed E-state index contributed by atoms with van der Waals surface area (Å²) < 4.78 is 1.86. The molecule has 0 fully saturated rings. The SMILES string of the molecule is CCn1cc(CN(C)C(=O)Nc2ccc3c(c2)CCC3)cn1. The molecule has 0 saturated carbocycles. The van der Waals surface area contributed by atoms with Crippen LogP contribution < -0.4 is 5.32 Å². The zero-order valence-corrected chi connectivity index (χ0v) is 13.2. The molecule has 2 amide bonds. The van der Waals surface area contributed by atoms with Gasteiger partial charge in [-0.1, -0.05) is 6.07 Å². The minimum Gasteiger partial charge on any atom is -0.323 e. The third kappa shape index (κ3) is 3.13. The van der Waals surface area contributed by atoms with Crippen LogP contribution in [0.25, 0.3) is 0 Å². The average molecular weight is 298 g/mol. The Morgan fingerprint density at radius 3 is 2.95 bits per heavy atom. The maximum Gasteiger partial charge on any atom is 0.321 e. The van der Waals surface area contributed by atoms with Crippen LogP contribution in [0.15, 0.2) is 30.6 Å². The topological polar surface area (TPSA) is 50.2 Å². The van der Waals surface area contributed by atoms with E-state index in [4.69, 9.17) is 0 Å². The molecular formula is C17H22N4O. The van der Waals surface area contributed by atoms with E-state index < -0.39 is 0 Å². The van der Waals surface area contributed by atoms with E-state index >= 15 is 0 Å². The van der Waals surface area contributed by atoms with Crippen LogP contribution in [0.1, 0.15) is 30.0 Å². The zero-order chi connectivity index (χ0) is 15.5. The number of anilines is 1. The predicted octanol–water partition coefficient (Wildman–Crippen LogP) is 3.06. The van der Waals surface area contributed by atoms with Crippen LogP contribution in [0.2, 0.25) is 0 Å². The molecule has 0 bridgehead atoms. The van der Waals surface area contributed by atoms with Crippen molar-refractivity contribution in [3.63, 3.8) is 0 Å². The lowest BCUT2D eigenvalue weighted by Crippen LogP contribution is -2.30. The fraction of sp³-hybridized carbons (Fsp3) is 0.412. The van der Waals surface area contributed by atoms with E-state index in [1.165, 1.54) is 17.5 Å². The van der Waals surface area contributed by atoms with Crippen molar-refractivity contribution < 1.29 is 4.79 Å². The fourth-order valence-electron chi connectivity index (χ4n) is 2.88. The largest absolute Gasteiger partial charge is 0.323 e. The van der Waals surface area contributed by atoms with E-state index in [-0.39, 0.29) is 6.03 Å². The van der Waals surface area contributed by atoms with Crippen LogP contribution in [0.3, 0.4) is 0 Å². The maximum atomic E-state index is 12.3. The Hall–Kier alpha value is -2.30. The summed E-state index contributed by atoms with van der Waals surface area (Å²) in [6.07, 6.45) is 7.27. The summed E-state index contributed by atoms with van der Waals surface area (Å²) in [5.41, 5.74) is 4.69. The molecule has 1 N–H and O–H groups in total. The lowest BCUT2D eigenvalue weighted by Gasteiger charge is -2.17. The molecule has 0 spiro atoms. The number of carbonyl (C=O) groups excluding carboxylic acids is 1. The first-order valence-corrected chi connectivity index (χ1v) is 7.81. The quantitative estimate of drug-likeness (QED) is 0.943.